The minimum Gasteiger partial charge on any atom is -0.481 e. The topological polar surface area (TPSA) is 76.2 Å². The van der Waals surface area contributed by atoms with E-state index in [9.17, 15) is 9.18 Å². The Hall–Kier alpha value is -1.20. The van der Waals surface area contributed by atoms with Crippen molar-refractivity contribution in [3.8, 4) is 0 Å². The predicted octanol–water partition coefficient (Wildman–Crippen LogP) is 1.35. The number of nitrogens with two attached hydrogens (primary N) is 1. The van der Waals surface area contributed by atoms with Crippen molar-refractivity contribution in [2.45, 2.75) is 12.5 Å². The second-order valence-electron chi connectivity index (χ2n) is 2.75. The summed E-state index contributed by atoms with van der Waals surface area (Å²) in [5.74, 6) is -1.82. The lowest BCUT2D eigenvalue weighted by molar-refractivity contribution is -0.137. The summed E-state index contributed by atoms with van der Waals surface area (Å²) in [5, 5.41) is 8.30. The zero-order valence-electron chi connectivity index (χ0n) is 7.08. The summed E-state index contributed by atoms with van der Waals surface area (Å²) in [4.78, 5) is 13.7. The molecule has 3 N–H and O–H groups in total. The van der Waals surface area contributed by atoms with E-state index in [0.717, 1.165) is 0 Å². The quantitative estimate of drug-likeness (QED) is 0.751. The Morgan fingerprint density at radius 1 is 1.79 bits per heavy atom. The largest absolute Gasteiger partial charge is 0.481 e. The SMILES string of the molecule is NC(CC(=O)O)c1cnc(F)c(Cl)c1. The number of hydrogen-bond donors (Lipinski definition) is 2. The van der Waals surface area contributed by atoms with Crippen LogP contribution in [0.2, 0.25) is 5.02 Å². The van der Waals surface area contributed by atoms with E-state index in [2.05, 4.69) is 4.98 Å². The van der Waals surface area contributed by atoms with Crippen LogP contribution in [0.4, 0.5) is 4.39 Å². The van der Waals surface area contributed by atoms with E-state index >= 15 is 0 Å². The monoisotopic (exact) mass is 218 g/mol. The number of rotatable bonds is 3. The Labute approximate surface area is 84.5 Å². The van der Waals surface area contributed by atoms with Crippen LogP contribution >= 0.6 is 11.6 Å². The van der Waals surface area contributed by atoms with Gasteiger partial charge in [-0.15, -0.1) is 0 Å². The van der Waals surface area contributed by atoms with Crippen molar-refractivity contribution in [2.24, 2.45) is 5.73 Å². The molecule has 4 nitrogen and oxygen atoms in total. The van der Waals surface area contributed by atoms with E-state index in [0.29, 0.717) is 5.56 Å². The first-order valence-electron chi connectivity index (χ1n) is 3.79. The summed E-state index contributed by atoms with van der Waals surface area (Å²) in [5.41, 5.74) is 5.91. The molecule has 1 aromatic heterocycles. The van der Waals surface area contributed by atoms with Gasteiger partial charge in [-0.2, -0.15) is 4.39 Å². The molecular weight excluding hydrogens is 211 g/mol. The molecule has 0 saturated heterocycles. The van der Waals surface area contributed by atoms with E-state index in [4.69, 9.17) is 22.4 Å². The number of pyridine rings is 1. The van der Waals surface area contributed by atoms with Crippen molar-refractivity contribution in [1.82, 2.24) is 4.98 Å². The highest BCUT2D eigenvalue weighted by Crippen LogP contribution is 2.19. The minimum atomic E-state index is -1.03. The minimum absolute atomic E-state index is 0.164. The van der Waals surface area contributed by atoms with Gasteiger partial charge in [0.15, 0.2) is 0 Å². The van der Waals surface area contributed by atoms with Crippen LogP contribution in [0.5, 0.6) is 0 Å². The van der Waals surface area contributed by atoms with Gasteiger partial charge in [0.25, 0.3) is 0 Å². The second-order valence-corrected chi connectivity index (χ2v) is 3.15. The smallest absolute Gasteiger partial charge is 0.305 e. The van der Waals surface area contributed by atoms with Gasteiger partial charge >= 0.3 is 5.97 Å². The molecule has 0 aliphatic heterocycles. The number of hydrogen-bond acceptors (Lipinski definition) is 3. The van der Waals surface area contributed by atoms with E-state index in [-0.39, 0.29) is 11.4 Å². The molecule has 0 amide bonds. The normalized spacial score (nSPS) is 12.5. The van der Waals surface area contributed by atoms with Gasteiger partial charge in [0.2, 0.25) is 5.95 Å². The molecule has 0 fully saturated rings. The van der Waals surface area contributed by atoms with Crippen molar-refractivity contribution in [2.75, 3.05) is 0 Å². The third-order valence-electron chi connectivity index (χ3n) is 1.64. The van der Waals surface area contributed by atoms with Crippen LogP contribution in [0.1, 0.15) is 18.0 Å². The van der Waals surface area contributed by atoms with E-state index < -0.39 is 18.0 Å². The zero-order valence-corrected chi connectivity index (χ0v) is 7.83. The highest BCUT2D eigenvalue weighted by molar-refractivity contribution is 6.30. The maximum absolute atomic E-state index is 12.6. The van der Waals surface area contributed by atoms with Crippen molar-refractivity contribution in [3.05, 3.63) is 28.8 Å². The lowest BCUT2D eigenvalue weighted by Crippen LogP contribution is -2.15. The van der Waals surface area contributed by atoms with Gasteiger partial charge in [0, 0.05) is 12.2 Å². The number of carboxylic acid groups (broad SMARTS) is 1. The highest BCUT2D eigenvalue weighted by Gasteiger charge is 2.12. The van der Waals surface area contributed by atoms with Gasteiger partial charge in [0.1, 0.15) is 0 Å². The molecule has 1 unspecified atom stereocenters. The number of aromatic nitrogens is 1. The van der Waals surface area contributed by atoms with Crippen molar-refractivity contribution in [3.63, 3.8) is 0 Å². The summed E-state index contributed by atoms with van der Waals surface area (Å²) in [7, 11) is 0. The molecule has 0 bridgehead atoms. The van der Waals surface area contributed by atoms with E-state index in [1.807, 2.05) is 0 Å². The fourth-order valence-corrected chi connectivity index (χ4v) is 1.12. The average Bonchev–Trinajstić information content (AvgIpc) is 2.08. The molecule has 1 heterocycles. The number of nitrogens with zero attached hydrogens (tertiary/aromatic N) is 1. The molecule has 0 radical (unpaired) electrons. The van der Waals surface area contributed by atoms with Crippen molar-refractivity contribution >= 4 is 17.6 Å². The van der Waals surface area contributed by atoms with Crippen LogP contribution in [-0.4, -0.2) is 16.1 Å². The first-order valence-corrected chi connectivity index (χ1v) is 4.17. The van der Waals surface area contributed by atoms with E-state index in [1.165, 1.54) is 12.3 Å². The second kappa shape index (κ2) is 4.34. The molecule has 1 atom stereocenters. The van der Waals surface area contributed by atoms with Crippen LogP contribution in [0.15, 0.2) is 12.3 Å². The molecule has 1 aromatic rings. The van der Waals surface area contributed by atoms with Crippen LogP contribution in [0.25, 0.3) is 0 Å². The fraction of sp³-hybridized carbons (Fsp3) is 0.250. The summed E-state index contributed by atoms with van der Waals surface area (Å²) in [6.07, 6.45) is 0.929. The van der Waals surface area contributed by atoms with Crippen LogP contribution in [-0.2, 0) is 4.79 Å². The van der Waals surface area contributed by atoms with Crippen LogP contribution in [0.3, 0.4) is 0 Å². The Morgan fingerprint density at radius 3 is 2.93 bits per heavy atom. The first kappa shape index (κ1) is 10.9. The maximum Gasteiger partial charge on any atom is 0.305 e. The Bertz CT molecular complexity index is 359. The molecule has 0 saturated carbocycles. The molecule has 0 aliphatic rings. The van der Waals surface area contributed by atoms with Crippen LogP contribution < -0.4 is 5.73 Å². The average molecular weight is 219 g/mol. The predicted molar refractivity (Wildman–Crippen MR) is 48.4 cm³/mol. The Kier molecular flexibility index (Phi) is 3.38. The van der Waals surface area contributed by atoms with Gasteiger partial charge in [0.05, 0.1) is 11.4 Å². The molecule has 0 spiro atoms. The molecule has 0 aromatic carbocycles. The molecule has 0 aliphatic carbocycles. The zero-order chi connectivity index (χ0) is 10.7. The number of aliphatic carboxylic acids is 1. The lowest BCUT2D eigenvalue weighted by atomic mass is 10.1. The fourth-order valence-electron chi connectivity index (χ4n) is 0.945. The van der Waals surface area contributed by atoms with Gasteiger partial charge in [-0.05, 0) is 11.6 Å². The maximum atomic E-state index is 12.6. The number of carbonyl (C=O) groups is 1. The molecular formula is C8H8ClFN2O2. The Morgan fingerprint density at radius 2 is 2.43 bits per heavy atom. The van der Waals surface area contributed by atoms with Gasteiger partial charge in [-0.1, -0.05) is 11.6 Å². The van der Waals surface area contributed by atoms with E-state index in [1.54, 1.807) is 0 Å². The van der Waals surface area contributed by atoms with Gasteiger partial charge in [-0.25, -0.2) is 4.98 Å². The first-order chi connectivity index (χ1) is 6.50. The molecule has 14 heavy (non-hydrogen) atoms. The summed E-state index contributed by atoms with van der Waals surface area (Å²) in [6.45, 7) is 0. The molecule has 76 valence electrons. The van der Waals surface area contributed by atoms with Crippen molar-refractivity contribution < 1.29 is 14.3 Å². The van der Waals surface area contributed by atoms with Crippen LogP contribution in [0, 0.1) is 5.95 Å². The number of halogens is 2. The van der Waals surface area contributed by atoms with Gasteiger partial charge < -0.3 is 10.8 Å². The third kappa shape index (κ3) is 2.65. The van der Waals surface area contributed by atoms with Crippen molar-refractivity contribution in [1.29, 1.82) is 0 Å². The third-order valence-corrected chi connectivity index (χ3v) is 1.91. The highest BCUT2D eigenvalue weighted by atomic mass is 35.5. The standard InChI is InChI=1S/C8H8ClFN2O2/c9-5-1-4(3-12-8(5)10)6(11)2-7(13)14/h1,3,6H,2,11H2,(H,13,14). The molecule has 1 rings (SSSR count). The summed E-state index contributed by atoms with van der Waals surface area (Å²) < 4.78 is 12.6. The summed E-state index contributed by atoms with van der Waals surface area (Å²) in [6, 6.07) is 0.551. The Balaban J connectivity index is 2.85. The summed E-state index contributed by atoms with van der Waals surface area (Å²) >= 11 is 5.45. The lowest BCUT2D eigenvalue weighted by Gasteiger charge is -2.08. The number of carboxylic acids is 1. The molecule has 6 heteroatoms. The van der Waals surface area contributed by atoms with Gasteiger partial charge in [-0.3, -0.25) is 4.79 Å².